The Morgan fingerprint density at radius 2 is 0.283 bits per heavy atom. The first-order valence-electron chi connectivity index (χ1n) is 36.9. The molecule has 0 unspecified atom stereocenters. The Hall–Kier alpha value is -13.8. The summed E-state index contributed by atoms with van der Waals surface area (Å²) in [5.41, 5.74) is 23.7. The number of rotatable bonds is 10. The Labute approximate surface area is 615 Å². The molecule has 0 fully saturated rings. The lowest BCUT2D eigenvalue weighted by Crippen LogP contribution is -1.95. The molecule has 0 atom stereocenters. The van der Waals surface area contributed by atoms with Gasteiger partial charge in [-0.25, -0.2) is 0 Å². The van der Waals surface area contributed by atoms with E-state index in [4.69, 9.17) is 0 Å². The monoisotopic (exact) mass is 1340 g/mol. The quantitative estimate of drug-likeness (QED) is 0.120. The Morgan fingerprint density at radius 3 is 0.585 bits per heavy atom. The van der Waals surface area contributed by atoms with Gasteiger partial charge in [-0.15, -0.1) is 0 Å². The maximum Gasteiger partial charge on any atom is -0.00204 e. The largest absolute Gasteiger partial charge is 0.0616 e. The minimum atomic E-state index is 1.15. The lowest BCUT2D eigenvalue weighted by Gasteiger charge is -2.22. The molecule has 490 valence electrons. The van der Waals surface area contributed by atoms with Gasteiger partial charge in [-0.3, -0.25) is 0 Å². The Bertz CT molecular complexity index is 6690. The van der Waals surface area contributed by atoms with Crippen molar-refractivity contribution in [1.29, 1.82) is 0 Å². The predicted octanol–water partition coefficient (Wildman–Crippen LogP) is 29.9. The van der Waals surface area contributed by atoms with Crippen LogP contribution in [-0.2, 0) is 0 Å². The van der Waals surface area contributed by atoms with Crippen LogP contribution >= 0.6 is 0 Å². The maximum absolute atomic E-state index is 2.51. The Morgan fingerprint density at radius 1 is 0.104 bits per heavy atom. The second-order valence-corrected chi connectivity index (χ2v) is 28.4. The van der Waals surface area contributed by atoms with E-state index in [-0.39, 0.29) is 0 Å². The van der Waals surface area contributed by atoms with E-state index < -0.39 is 0 Å². The smallest absolute Gasteiger partial charge is 0.00204 e. The zero-order chi connectivity index (χ0) is 69.8. The van der Waals surface area contributed by atoms with E-state index in [1.165, 1.54) is 186 Å². The van der Waals surface area contributed by atoms with Gasteiger partial charge in [0.1, 0.15) is 0 Å². The van der Waals surface area contributed by atoms with Gasteiger partial charge in [-0.1, -0.05) is 364 Å². The summed E-state index contributed by atoms with van der Waals surface area (Å²) in [5.74, 6) is 0. The number of hydrogen-bond donors (Lipinski definition) is 0. The van der Waals surface area contributed by atoms with Crippen molar-refractivity contribution in [3.63, 3.8) is 0 Å². The maximum atomic E-state index is 2.51. The molecule has 0 aliphatic heterocycles. The van der Waals surface area contributed by atoms with Crippen LogP contribution in [0, 0.1) is 0 Å². The van der Waals surface area contributed by atoms with Gasteiger partial charge < -0.3 is 0 Å². The molecule has 0 aliphatic carbocycles. The molecule has 0 amide bonds. The van der Waals surface area contributed by atoms with Crippen LogP contribution in [0.1, 0.15) is 0 Å². The summed E-state index contributed by atoms with van der Waals surface area (Å²) in [6.07, 6.45) is 0. The van der Waals surface area contributed by atoms with E-state index in [1.54, 1.807) is 0 Å². The Balaban J connectivity index is 0.845. The zero-order valence-electron chi connectivity index (χ0n) is 58.1. The van der Waals surface area contributed by atoms with Gasteiger partial charge in [-0.2, -0.15) is 0 Å². The minimum Gasteiger partial charge on any atom is -0.0616 e. The van der Waals surface area contributed by atoms with Crippen LogP contribution in [0.15, 0.2) is 400 Å². The molecule has 0 radical (unpaired) electrons. The lowest BCUT2D eigenvalue weighted by atomic mass is 9.81. The summed E-state index contributed by atoms with van der Waals surface area (Å²) in [4.78, 5) is 0. The molecule has 0 saturated heterocycles. The van der Waals surface area contributed by atoms with Gasteiger partial charge in [0.15, 0.2) is 0 Å². The summed E-state index contributed by atoms with van der Waals surface area (Å²) in [6.45, 7) is 0. The molecular formula is C106H66. The van der Waals surface area contributed by atoms with E-state index in [2.05, 4.69) is 400 Å². The fourth-order valence-corrected chi connectivity index (χ4v) is 17.9. The van der Waals surface area contributed by atoms with E-state index in [1.807, 2.05) is 0 Å². The van der Waals surface area contributed by atoms with Crippen molar-refractivity contribution in [3.05, 3.63) is 400 Å². The molecule has 0 N–H and O–H groups in total. The fraction of sp³-hybridized carbons (Fsp3) is 0. The fourth-order valence-electron chi connectivity index (χ4n) is 17.9. The van der Waals surface area contributed by atoms with E-state index in [0.29, 0.717) is 0 Å². The summed E-state index contributed by atoms with van der Waals surface area (Å²) < 4.78 is 0. The van der Waals surface area contributed by atoms with Crippen LogP contribution in [0.25, 0.3) is 219 Å². The van der Waals surface area contributed by atoms with Crippen molar-refractivity contribution >= 4 is 108 Å². The van der Waals surface area contributed by atoms with E-state index in [9.17, 15) is 0 Å². The summed E-state index contributed by atoms with van der Waals surface area (Å²) in [5, 5.41) is 24.2. The highest BCUT2D eigenvalue weighted by Gasteiger charge is 2.25. The van der Waals surface area contributed by atoms with Crippen molar-refractivity contribution in [3.8, 4) is 111 Å². The van der Waals surface area contributed by atoms with Gasteiger partial charge in [0, 0.05) is 0 Å². The molecule has 0 aromatic heterocycles. The number of fused-ring (bicyclic) bond motifs is 10. The molecule has 0 heterocycles. The van der Waals surface area contributed by atoms with Crippen LogP contribution in [0.4, 0.5) is 0 Å². The SMILES string of the molecule is c1ccc2c(-c3cc(-c4c5ccccc5c(-c5cc(-c6cccc7ccccc67)cc(-c6cccc7c(-c8cccc9ccccc89)ccc(-c8cccc9ccccc89)c67)c5)c5ccccc45)cc(-c4cccc5c(-c6cccc7ccccc67)ccc(-c6cccc7ccccc67)c45)c3)cccc2c1. The van der Waals surface area contributed by atoms with Crippen LogP contribution in [0.3, 0.4) is 0 Å². The average molecular weight is 1340 g/mol. The molecule has 0 aliphatic rings. The van der Waals surface area contributed by atoms with Gasteiger partial charge in [0.05, 0.1) is 0 Å². The molecule has 0 heteroatoms. The number of hydrogen-bond acceptors (Lipinski definition) is 0. The van der Waals surface area contributed by atoms with Gasteiger partial charge in [0.25, 0.3) is 0 Å². The molecule has 106 heavy (non-hydrogen) atoms. The highest BCUT2D eigenvalue weighted by Crippen LogP contribution is 2.52. The van der Waals surface area contributed by atoms with Crippen molar-refractivity contribution in [2.75, 3.05) is 0 Å². The molecule has 21 rings (SSSR count). The standard InChI is InChI=1S/C106H66/c1-7-37-79-67(25-1)31-17-47-85(79)73-61-75(87-49-23-55-95-93(89-51-19-33-69-27-3-9-39-81(69)89)57-59-101(105(87)95)91-53-21-35-71-29-5-11-41-83(71)91)65-77(63-73)103-97-43-13-15-45-99(97)104(100-46-16-14-44-98(100)103)78-64-74(86-48-18-32-68-26-2-8-38-80(68)86)62-76(66-78)88-50-24-56-96-94(90-52-20-34-70-28-4-10-40-82(70)90)58-60-102(106(88)96)92-54-22-36-72-30-6-12-42-84(72)92/h1-66H. The molecule has 21 aromatic carbocycles. The van der Waals surface area contributed by atoms with Gasteiger partial charge in [0.2, 0.25) is 0 Å². The molecule has 0 bridgehead atoms. The van der Waals surface area contributed by atoms with Crippen molar-refractivity contribution in [1.82, 2.24) is 0 Å². The topological polar surface area (TPSA) is 0 Å². The first-order valence-corrected chi connectivity index (χ1v) is 36.9. The van der Waals surface area contributed by atoms with E-state index in [0.717, 1.165) is 33.4 Å². The van der Waals surface area contributed by atoms with Gasteiger partial charge in [-0.05, 0) is 255 Å². The lowest BCUT2D eigenvalue weighted by molar-refractivity contribution is 1.60. The predicted molar refractivity (Wildman–Crippen MR) is 456 cm³/mol. The third-order valence-electron chi connectivity index (χ3n) is 22.6. The van der Waals surface area contributed by atoms with Gasteiger partial charge >= 0.3 is 0 Å². The van der Waals surface area contributed by atoms with Crippen LogP contribution in [0.5, 0.6) is 0 Å². The van der Waals surface area contributed by atoms with Crippen molar-refractivity contribution in [2.24, 2.45) is 0 Å². The van der Waals surface area contributed by atoms with E-state index >= 15 is 0 Å². The molecule has 0 saturated carbocycles. The molecule has 0 nitrogen and oxygen atoms in total. The first kappa shape index (κ1) is 60.9. The van der Waals surface area contributed by atoms with Crippen molar-refractivity contribution in [2.45, 2.75) is 0 Å². The Kier molecular flexibility index (Phi) is 14.4. The van der Waals surface area contributed by atoms with Crippen LogP contribution in [0.2, 0.25) is 0 Å². The minimum absolute atomic E-state index is 1.15. The molecule has 0 spiro atoms. The van der Waals surface area contributed by atoms with Crippen LogP contribution in [-0.4, -0.2) is 0 Å². The number of benzene rings is 21. The molecule has 21 aromatic rings. The highest BCUT2D eigenvalue weighted by atomic mass is 14.3. The summed E-state index contributed by atoms with van der Waals surface area (Å²) >= 11 is 0. The second-order valence-electron chi connectivity index (χ2n) is 28.4. The van der Waals surface area contributed by atoms with Crippen molar-refractivity contribution < 1.29 is 0 Å². The highest BCUT2D eigenvalue weighted by molar-refractivity contribution is 6.24. The zero-order valence-corrected chi connectivity index (χ0v) is 58.1. The molecular weight excluding hydrogens is 1270 g/mol. The summed E-state index contributed by atoms with van der Waals surface area (Å²) in [6, 6.07) is 151. The normalized spacial score (nSPS) is 11.8. The third-order valence-corrected chi connectivity index (χ3v) is 22.6. The van der Waals surface area contributed by atoms with Crippen LogP contribution < -0.4 is 0 Å². The third kappa shape index (κ3) is 9.98. The summed E-state index contributed by atoms with van der Waals surface area (Å²) in [7, 11) is 0. The first-order chi connectivity index (χ1) is 52.6. The second kappa shape index (κ2) is 25.0. The average Bonchev–Trinajstić information content (AvgIpc) is 0.729.